The minimum Gasteiger partial charge on any atom is -0.317 e. The molecule has 1 rings (SSSR count). The number of aromatic nitrogens is 1. The van der Waals surface area contributed by atoms with Gasteiger partial charge in [0.1, 0.15) is 0 Å². The van der Waals surface area contributed by atoms with Gasteiger partial charge in [0, 0.05) is 11.9 Å². The molecule has 1 aromatic rings. The fourth-order valence-electron chi connectivity index (χ4n) is 1.61. The molecule has 0 saturated heterocycles. The molecule has 0 amide bonds. The maximum atomic E-state index is 4.47. The molecule has 1 aromatic heterocycles. The Kier molecular flexibility index (Phi) is 6.61. The summed E-state index contributed by atoms with van der Waals surface area (Å²) in [6.07, 6.45) is 2.42. The van der Waals surface area contributed by atoms with E-state index in [1.807, 2.05) is 0 Å². The lowest BCUT2D eigenvalue weighted by Gasteiger charge is -2.15. The molecule has 0 aliphatic heterocycles. The average Bonchev–Trinajstić information content (AvgIpc) is 2.63. The van der Waals surface area contributed by atoms with E-state index in [0.717, 1.165) is 31.2 Å². The van der Waals surface area contributed by atoms with Crippen LogP contribution in [0.25, 0.3) is 0 Å². The third-order valence-electron chi connectivity index (χ3n) is 2.42. The highest BCUT2D eigenvalue weighted by atomic mass is 32.1. The second-order valence-corrected chi connectivity index (χ2v) is 5.26. The first kappa shape index (κ1) is 13.6. The molecular weight excluding hydrogens is 218 g/mol. The normalized spacial score (nSPS) is 11.2. The third-order valence-corrected chi connectivity index (χ3v) is 3.24. The van der Waals surface area contributed by atoms with Crippen molar-refractivity contribution in [2.24, 2.45) is 0 Å². The first-order valence-corrected chi connectivity index (χ1v) is 6.90. The van der Waals surface area contributed by atoms with Crippen molar-refractivity contribution >= 4 is 11.3 Å². The lowest BCUT2D eigenvalue weighted by molar-refractivity contribution is 0.316. The van der Waals surface area contributed by atoms with Crippen LogP contribution in [0, 0.1) is 6.92 Å². The summed E-state index contributed by atoms with van der Waals surface area (Å²) in [7, 11) is 2.16. The van der Waals surface area contributed by atoms with Crippen molar-refractivity contribution in [2.45, 2.75) is 33.2 Å². The van der Waals surface area contributed by atoms with Gasteiger partial charge in [-0.15, -0.1) is 11.3 Å². The van der Waals surface area contributed by atoms with Gasteiger partial charge in [0.2, 0.25) is 0 Å². The first-order chi connectivity index (χ1) is 7.72. The van der Waals surface area contributed by atoms with Crippen molar-refractivity contribution in [3.8, 4) is 0 Å². The second-order valence-electron chi connectivity index (χ2n) is 4.20. The summed E-state index contributed by atoms with van der Waals surface area (Å²) in [5.74, 6) is 0. The molecule has 1 N–H and O–H groups in total. The zero-order valence-electron chi connectivity index (χ0n) is 10.6. The maximum absolute atomic E-state index is 4.47. The fourth-order valence-corrected chi connectivity index (χ4v) is 2.22. The molecule has 0 radical (unpaired) electrons. The summed E-state index contributed by atoms with van der Waals surface area (Å²) < 4.78 is 0. The number of hydrogen-bond acceptors (Lipinski definition) is 4. The molecule has 16 heavy (non-hydrogen) atoms. The van der Waals surface area contributed by atoms with Gasteiger partial charge < -0.3 is 10.2 Å². The van der Waals surface area contributed by atoms with Crippen molar-refractivity contribution in [1.82, 2.24) is 15.2 Å². The third kappa shape index (κ3) is 5.58. The molecule has 0 bridgehead atoms. The SMILES string of the molecule is CCCNCCCN(C)Cc1csc(C)n1. The van der Waals surface area contributed by atoms with Crippen LogP contribution in [0.5, 0.6) is 0 Å². The van der Waals surface area contributed by atoms with Gasteiger partial charge in [-0.3, -0.25) is 0 Å². The van der Waals surface area contributed by atoms with Crippen LogP contribution in [-0.4, -0.2) is 36.6 Å². The van der Waals surface area contributed by atoms with Gasteiger partial charge in [0.15, 0.2) is 0 Å². The topological polar surface area (TPSA) is 28.2 Å². The van der Waals surface area contributed by atoms with Gasteiger partial charge in [-0.05, 0) is 46.4 Å². The van der Waals surface area contributed by atoms with E-state index in [9.17, 15) is 0 Å². The van der Waals surface area contributed by atoms with Crippen LogP contribution >= 0.6 is 11.3 Å². The van der Waals surface area contributed by atoms with Crippen LogP contribution in [0.1, 0.15) is 30.5 Å². The molecule has 0 aliphatic carbocycles. The van der Waals surface area contributed by atoms with Crippen molar-refractivity contribution in [3.63, 3.8) is 0 Å². The Morgan fingerprint density at radius 2 is 2.25 bits per heavy atom. The van der Waals surface area contributed by atoms with Gasteiger partial charge in [0.05, 0.1) is 10.7 Å². The van der Waals surface area contributed by atoms with Crippen molar-refractivity contribution in [2.75, 3.05) is 26.7 Å². The summed E-state index contributed by atoms with van der Waals surface area (Å²) in [4.78, 5) is 6.80. The maximum Gasteiger partial charge on any atom is 0.0897 e. The van der Waals surface area contributed by atoms with E-state index >= 15 is 0 Å². The summed E-state index contributed by atoms with van der Waals surface area (Å²) in [5, 5.41) is 6.73. The molecule has 0 spiro atoms. The zero-order chi connectivity index (χ0) is 11.8. The van der Waals surface area contributed by atoms with Crippen LogP contribution < -0.4 is 5.32 Å². The number of thiazole rings is 1. The number of rotatable bonds is 8. The van der Waals surface area contributed by atoms with Gasteiger partial charge >= 0.3 is 0 Å². The Labute approximate surface area is 103 Å². The van der Waals surface area contributed by atoms with Crippen LogP contribution in [0.4, 0.5) is 0 Å². The van der Waals surface area contributed by atoms with E-state index in [-0.39, 0.29) is 0 Å². The van der Waals surface area contributed by atoms with E-state index in [1.54, 1.807) is 11.3 Å². The largest absolute Gasteiger partial charge is 0.317 e. The van der Waals surface area contributed by atoms with Crippen molar-refractivity contribution in [1.29, 1.82) is 0 Å². The zero-order valence-corrected chi connectivity index (χ0v) is 11.4. The summed E-state index contributed by atoms with van der Waals surface area (Å²) in [6, 6.07) is 0. The summed E-state index contributed by atoms with van der Waals surface area (Å²) in [6.45, 7) is 8.61. The molecule has 0 unspecified atom stereocenters. The lowest BCUT2D eigenvalue weighted by Crippen LogP contribution is -2.24. The Morgan fingerprint density at radius 3 is 2.88 bits per heavy atom. The van der Waals surface area contributed by atoms with Crippen LogP contribution in [-0.2, 0) is 6.54 Å². The number of nitrogens with zero attached hydrogens (tertiary/aromatic N) is 2. The highest BCUT2D eigenvalue weighted by Gasteiger charge is 2.02. The predicted molar refractivity (Wildman–Crippen MR) is 71.0 cm³/mol. The fraction of sp³-hybridized carbons (Fsp3) is 0.750. The summed E-state index contributed by atoms with van der Waals surface area (Å²) in [5.41, 5.74) is 1.20. The number of aryl methyl sites for hydroxylation is 1. The molecule has 0 saturated carbocycles. The van der Waals surface area contributed by atoms with Crippen LogP contribution in [0.3, 0.4) is 0 Å². The van der Waals surface area contributed by atoms with Gasteiger partial charge in [0.25, 0.3) is 0 Å². The monoisotopic (exact) mass is 241 g/mol. The molecule has 0 aliphatic rings. The van der Waals surface area contributed by atoms with E-state index < -0.39 is 0 Å². The molecule has 0 fully saturated rings. The summed E-state index contributed by atoms with van der Waals surface area (Å²) >= 11 is 1.73. The smallest absolute Gasteiger partial charge is 0.0897 e. The Bertz CT molecular complexity index is 286. The first-order valence-electron chi connectivity index (χ1n) is 6.02. The van der Waals surface area contributed by atoms with Gasteiger partial charge in [-0.1, -0.05) is 6.92 Å². The molecule has 92 valence electrons. The van der Waals surface area contributed by atoms with Gasteiger partial charge in [-0.25, -0.2) is 4.98 Å². The molecule has 0 aromatic carbocycles. The van der Waals surface area contributed by atoms with Crippen LogP contribution in [0.2, 0.25) is 0 Å². The molecule has 3 nitrogen and oxygen atoms in total. The van der Waals surface area contributed by atoms with Crippen molar-refractivity contribution in [3.05, 3.63) is 16.1 Å². The number of hydrogen-bond donors (Lipinski definition) is 1. The lowest BCUT2D eigenvalue weighted by atomic mass is 10.3. The number of nitrogens with one attached hydrogen (secondary N) is 1. The second kappa shape index (κ2) is 7.76. The van der Waals surface area contributed by atoms with E-state index in [4.69, 9.17) is 0 Å². The quantitative estimate of drug-likeness (QED) is 0.708. The minimum atomic E-state index is 0.970. The van der Waals surface area contributed by atoms with E-state index in [0.29, 0.717) is 0 Å². The van der Waals surface area contributed by atoms with Gasteiger partial charge in [-0.2, -0.15) is 0 Å². The molecule has 0 atom stereocenters. The molecule has 1 heterocycles. The Hall–Kier alpha value is -0.450. The minimum absolute atomic E-state index is 0.970. The van der Waals surface area contributed by atoms with E-state index in [1.165, 1.54) is 18.5 Å². The molecular formula is C12H23N3S. The Morgan fingerprint density at radius 1 is 1.44 bits per heavy atom. The highest BCUT2D eigenvalue weighted by molar-refractivity contribution is 7.09. The van der Waals surface area contributed by atoms with Crippen LogP contribution in [0.15, 0.2) is 5.38 Å². The highest BCUT2D eigenvalue weighted by Crippen LogP contribution is 2.09. The average molecular weight is 241 g/mol. The molecule has 4 heteroatoms. The Balaban J connectivity index is 2.09. The van der Waals surface area contributed by atoms with E-state index in [2.05, 4.69) is 41.5 Å². The standard InChI is InChI=1S/C12H23N3S/c1-4-6-13-7-5-8-15(3)9-12-10-16-11(2)14-12/h10,13H,4-9H2,1-3H3. The van der Waals surface area contributed by atoms with Crippen molar-refractivity contribution < 1.29 is 0 Å². The predicted octanol–water partition coefficient (Wildman–Crippen LogP) is 2.27.